The van der Waals surface area contributed by atoms with Crippen LogP contribution >= 0.6 is 0 Å². The molecule has 1 aromatic carbocycles. The molecule has 1 unspecified atom stereocenters. The Kier molecular flexibility index (Phi) is 6.34. The third kappa shape index (κ3) is 4.26. The van der Waals surface area contributed by atoms with Crippen molar-refractivity contribution in [2.75, 3.05) is 27.2 Å². The Balaban J connectivity index is 3.18. The van der Waals surface area contributed by atoms with Crippen LogP contribution in [-0.2, 0) is 16.6 Å². The molecule has 0 radical (unpaired) electrons. The highest BCUT2D eigenvalue weighted by Gasteiger charge is 2.28. The van der Waals surface area contributed by atoms with Crippen molar-refractivity contribution in [2.24, 2.45) is 5.73 Å². The first-order valence-corrected chi connectivity index (χ1v) is 8.64. The summed E-state index contributed by atoms with van der Waals surface area (Å²) in [5.41, 5.74) is 7.56. The first-order chi connectivity index (χ1) is 9.73. The first-order valence-electron chi connectivity index (χ1n) is 7.20. The molecule has 120 valence electrons. The van der Waals surface area contributed by atoms with E-state index >= 15 is 0 Å². The third-order valence-corrected chi connectivity index (χ3v) is 5.66. The summed E-state index contributed by atoms with van der Waals surface area (Å²) in [7, 11) is 0.385. The van der Waals surface area contributed by atoms with Crippen LogP contribution in [0.15, 0.2) is 23.1 Å². The van der Waals surface area contributed by atoms with Crippen LogP contribution in [0, 0.1) is 6.92 Å². The molecule has 2 N–H and O–H groups in total. The topological polar surface area (TPSA) is 66.6 Å². The zero-order valence-electron chi connectivity index (χ0n) is 13.6. The molecule has 0 spiro atoms. The predicted molar refractivity (Wildman–Crippen MR) is 86.7 cm³/mol. The van der Waals surface area contributed by atoms with Gasteiger partial charge >= 0.3 is 0 Å². The lowest BCUT2D eigenvalue weighted by molar-refractivity contribution is 0.271. The lowest BCUT2D eigenvalue weighted by Gasteiger charge is -2.29. The van der Waals surface area contributed by atoms with Crippen LogP contribution in [0.3, 0.4) is 0 Å². The normalized spacial score (nSPS) is 13.9. The Hall–Kier alpha value is -0.950. The minimum atomic E-state index is -3.49. The van der Waals surface area contributed by atoms with Crippen LogP contribution in [0.5, 0.6) is 0 Å². The molecule has 0 aliphatic rings. The Morgan fingerprint density at radius 3 is 2.38 bits per heavy atom. The summed E-state index contributed by atoms with van der Waals surface area (Å²) in [4.78, 5) is 2.31. The molecule has 0 saturated heterocycles. The van der Waals surface area contributed by atoms with Gasteiger partial charge in [-0.05, 0) is 51.2 Å². The summed E-state index contributed by atoms with van der Waals surface area (Å²) in [6, 6.07) is 5.09. The molecule has 0 amide bonds. The van der Waals surface area contributed by atoms with Crippen molar-refractivity contribution in [1.82, 2.24) is 9.21 Å². The zero-order chi connectivity index (χ0) is 16.2. The van der Waals surface area contributed by atoms with Crippen molar-refractivity contribution in [3.63, 3.8) is 0 Å². The Morgan fingerprint density at radius 2 is 1.90 bits per heavy atom. The van der Waals surface area contributed by atoms with Crippen molar-refractivity contribution < 1.29 is 8.42 Å². The van der Waals surface area contributed by atoms with Gasteiger partial charge in [0.15, 0.2) is 0 Å². The molecule has 0 aliphatic heterocycles. The number of sulfonamides is 1. The van der Waals surface area contributed by atoms with Crippen molar-refractivity contribution in [2.45, 2.75) is 38.3 Å². The molecular weight excluding hydrogens is 286 g/mol. The molecular formula is C15H27N3O2S. The van der Waals surface area contributed by atoms with E-state index in [1.807, 2.05) is 45.8 Å². The van der Waals surface area contributed by atoms with E-state index in [2.05, 4.69) is 0 Å². The molecule has 0 saturated carbocycles. The number of nitrogens with two attached hydrogens (primary N) is 1. The summed E-state index contributed by atoms with van der Waals surface area (Å²) in [6.07, 6.45) is 0. The van der Waals surface area contributed by atoms with E-state index in [0.717, 1.165) is 11.1 Å². The van der Waals surface area contributed by atoms with Gasteiger partial charge in [-0.3, -0.25) is 0 Å². The molecule has 0 bridgehead atoms. The van der Waals surface area contributed by atoms with Crippen LogP contribution in [0.4, 0.5) is 0 Å². The summed E-state index contributed by atoms with van der Waals surface area (Å²) in [6.45, 7) is 7.20. The Morgan fingerprint density at radius 1 is 1.29 bits per heavy atom. The van der Waals surface area contributed by atoms with Gasteiger partial charge in [0.1, 0.15) is 0 Å². The Labute approximate surface area is 128 Å². The van der Waals surface area contributed by atoms with E-state index in [9.17, 15) is 8.42 Å². The van der Waals surface area contributed by atoms with Gasteiger partial charge in [-0.2, -0.15) is 4.31 Å². The van der Waals surface area contributed by atoms with E-state index in [-0.39, 0.29) is 6.04 Å². The zero-order valence-corrected chi connectivity index (χ0v) is 14.4. The highest BCUT2D eigenvalue weighted by atomic mass is 32.2. The fraction of sp³-hybridized carbons (Fsp3) is 0.600. The van der Waals surface area contributed by atoms with Crippen LogP contribution in [0.25, 0.3) is 0 Å². The minimum absolute atomic E-state index is 0.0855. The second-order valence-electron chi connectivity index (χ2n) is 5.61. The molecule has 0 fully saturated rings. The summed E-state index contributed by atoms with van der Waals surface area (Å²) < 4.78 is 27.2. The second-order valence-corrected chi connectivity index (χ2v) is 7.50. The molecule has 1 atom stereocenters. The van der Waals surface area contributed by atoms with Crippen molar-refractivity contribution in [3.8, 4) is 0 Å². The SMILES string of the molecule is CCN(C(C)CN(C)C)S(=O)(=O)c1ccc(C)c(CN)c1. The van der Waals surface area contributed by atoms with Crippen molar-refractivity contribution in [3.05, 3.63) is 29.3 Å². The van der Waals surface area contributed by atoms with Gasteiger partial charge in [0.05, 0.1) is 4.90 Å². The quantitative estimate of drug-likeness (QED) is 0.826. The number of hydrogen-bond donors (Lipinski definition) is 1. The number of likely N-dealkylation sites (N-methyl/N-ethyl adjacent to an activating group) is 2. The Bertz CT molecular complexity index is 570. The van der Waals surface area contributed by atoms with Crippen LogP contribution in [0.2, 0.25) is 0 Å². The van der Waals surface area contributed by atoms with Gasteiger partial charge in [-0.25, -0.2) is 8.42 Å². The van der Waals surface area contributed by atoms with E-state index in [0.29, 0.717) is 24.5 Å². The molecule has 0 aromatic heterocycles. The van der Waals surface area contributed by atoms with E-state index in [1.54, 1.807) is 12.1 Å². The second kappa shape index (κ2) is 7.35. The van der Waals surface area contributed by atoms with E-state index < -0.39 is 10.0 Å². The highest BCUT2D eigenvalue weighted by molar-refractivity contribution is 7.89. The molecule has 21 heavy (non-hydrogen) atoms. The smallest absolute Gasteiger partial charge is 0.243 e. The maximum Gasteiger partial charge on any atom is 0.243 e. The van der Waals surface area contributed by atoms with Gasteiger partial charge in [0, 0.05) is 25.7 Å². The largest absolute Gasteiger partial charge is 0.326 e. The summed E-state index contributed by atoms with van der Waals surface area (Å²) in [5, 5.41) is 0. The van der Waals surface area contributed by atoms with Gasteiger partial charge in [-0.1, -0.05) is 13.0 Å². The van der Waals surface area contributed by atoms with Crippen LogP contribution in [-0.4, -0.2) is 50.8 Å². The molecule has 1 aromatic rings. The average Bonchev–Trinajstić information content (AvgIpc) is 2.38. The van der Waals surface area contributed by atoms with Gasteiger partial charge < -0.3 is 10.6 Å². The fourth-order valence-electron chi connectivity index (χ4n) is 2.50. The van der Waals surface area contributed by atoms with Crippen LogP contribution < -0.4 is 5.73 Å². The number of benzene rings is 1. The van der Waals surface area contributed by atoms with Crippen LogP contribution in [0.1, 0.15) is 25.0 Å². The maximum atomic E-state index is 12.8. The van der Waals surface area contributed by atoms with E-state index in [4.69, 9.17) is 5.73 Å². The molecule has 0 aliphatic carbocycles. The molecule has 1 rings (SSSR count). The van der Waals surface area contributed by atoms with Crippen molar-refractivity contribution >= 4 is 10.0 Å². The maximum absolute atomic E-state index is 12.8. The minimum Gasteiger partial charge on any atom is -0.326 e. The average molecular weight is 313 g/mol. The number of hydrogen-bond acceptors (Lipinski definition) is 4. The fourth-order valence-corrected chi connectivity index (χ4v) is 4.18. The standard InChI is InChI=1S/C15H27N3O2S/c1-6-18(13(3)11-17(4)5)21(19,20)15-8-7-12(2)14(9-15)10-16/h7-9,13H,6,10-11,16H2,1-5H3. The predicted octanol–water partition coefficient (Wildman–Crippen LogP) is 1.41. The number of nitrogens with zero attached hydrogens (tertiary/aromatic N) is 2. The first kappa shape index (κ1) is 18.1. The summed E-state index contributed by atoms with van der Waals surface area (Å²) >= 11 is 0. The van der Waals surface area contributed by atoms with Gasteiger partial charge in [0.2, 0.25) is 10.0 Å². The van der Waals surface area contributed by atoms with E-state index in [1.165, 1.54) is 4.31 Å². The van der Waals surface area contributed by atoms with Gasteiger partial charge in [-0.15, -0.1) is 0 Å². The van der Waals surface area contributed by atoms with Gasteiger partial charge in [0.25, 0.3) is 0 Å². The molecule has 5 nitrogen and oxygen atoms in total. The monoisotopic (exact) mass is 313 g/mol. The lowest BCUT2D eigenvalue weighted by atomic mass is 10.1. The molecule has 6 heteroatoms. The summed E-state index contributed by atoms with van der Waals surface area (Å²) in [5.74, 6) is 0. The lowest BCUT2D eigenvalue weighted by Crippen LogP contribution is -2.43. The third-order valence-electron chi connectivity index (χ3n) is 3.58. The molecule has 0 heterocycles. The number of rotatable bonds is 7. The number of aryl methyl sites for hydroxylation is 1. The van der Waals surface area contributed by atoms with Crippen molar-refractivity contribution in [1.29, 1.82) is 0 Å². The highest BCUT2D eigenvalue weighted by Crippen LogP contribution is 2.21.